The second-order valence-electron chi connectivity index (χ2n) is 11.9. The van der Waals surface area contributed by atoms with Gasteiger partial charge in [-0.1, -0.05) is 56.9 Å². The first kappa shape index (κ1) is 34.8. The molecule has 0 heterocycles. The topological polar surface area (TPSA) is 0 Å². The molecule has 1 aromatic rings. The minimum absolute atomic E-state index is 0.0533. The van der Waals surface area contributed by atoms with E-state index in [0.717, 1.165) is 37.2 Å². The van der Waals surface area contributed by atoms with Gasteiger partial charge in [0.15, 0.2) is 0 Å². The maximum atomic E-state index is 14.1. The average molecular weight is 631 g/mol. The molecule has 0 aromatic heterocycles. The van der Waals surface area contributed by atoms with Crippen molar-refractivity contribution in [3.05, 3.63) is 35.4 Å². The van der Waals surface area contributed by atoms with E-state index >= 15 is 0 Å². The molecule has 3 rings (SSSR count). The molecule has 0 bridgehead atoms. The van der Waals surface area contributed by atoms with Gasteiger partial charge in [0.05, 0.1) is 0 Å². The molecule has 0 radical (unpaired) electrons. The van der Waals surface area contributed by atoms with Gasteiger partial charge in [0.1, 0.15) is 0 Å². The zero-order valence-electron chi connectivity index (χ0n) is 23.0. The maximum absolute atomic E-state index is 14.1. The number of rotatable bonds is 11. The van der Waals surface area contributed by atoms with Crippen LogP contribution in [0.4, 0.5) is 57.1 Å². The molecule has 0 unspecified atom stereocenters. The van der Waals surface area contributed by atoms with Gasteiger partial charge in [-0.05, 0) is 79.7 Å². The Morgan fingerprint density at radius 2 is 1.02 bits per heavy atom. The molecule has 0 spiro atoms. The smallest absolute Gasteiger partial charge is 0.200 e. The molecule has 2 aliphatic carbocycles. The number of benzene rings is 1. The van der Waals surface area contributed by atoms with Gasteiger partial charge in [-0.15, -0.1) is 0 Å². The van der Waals surface area contributed by atoms with Crippen molar-refractivity contribution >= 4 is 0 Å². The highest BCUT2D eigenvalue weighted by Gasteiger charge is 2.90. The van der Waals surface area contributed by atoms with Crippen molar-refractivity contribution in [3.8, 4) is 0 Å². The lowest BCUT2D eigenvalue weighted by atomic mass is 9.68. The highest BCUT2D eigenvalue weighted by molar-refractivity contribution is 5.26. The number of hydrogen-bond acceptors (Lipinski definition) is 0. The van der Waals surface area contributed by atoms with Crippen molar-refractivity contribution in [2.24, 2.45) is 17.8 Å². The second kappa shape index (κ2) is 12.4. The summed E-state index contributed by atoms with van der Waals surface area (Å²) >= 11 is 0. The fourth-order valence-electron chi connectivity index (χ4n) is 6.50. The highest BCUT2D eigenvalue weighted by atomic mass is 19.4. The Morgan fingerprint density at radius 3 is 1.48 bits per heavy atom. The molecule has 2 aliphatic rings. The van der Waals surface area contributed by atoms with Crippen LogP contribution < -0.4 is 0 Å². The van der Waals surface area contributed by atoms with E-state index < -0.39 is 48.6 Å². The van der Waals surface area contributed by atoms with Crippen LogP contribution in [0.25, 0.3) is 0 Å². The molecular weight excluding hydrogens is 595 g/mol. The summed E-state index contributed by atoms with van der Waals surface area (Å²) in [7, 11) is 0. The Morgan fingerprint density at radius 1 is 0.571 bits per heavy atom. The summed E-state index contributed by atoms with van der Waals surface area (Å²) in [5.74, 6) is -34.3. The van der Waals surface area contributed by atoms with Crippen molar-refractivity contribution in [1.82, 2.24) is 0 Å². The summed E-state index contributed by atoms with van der Waals surface area (Å²) in [6.45, 7) is 2.19. The minimum atomic E-state index is -7.86. The Hall–Kier alpha value is -1.69. The van der Waals surface area contributed by atoms with Crippen molar-refractivity contribution in [1.29, 1.82) is 0 Å². The van der Waals surface area contributed by atoms with E-state index in [0.29, 0.717) is 11.8 Å². The Kier molecular flexibility index (Phi) is 10.2. The zero-order chi connectivity index (χ0) is 31.8. The molecule has 0 N–H and O–H groups in total. The molecule has 0 atom stereocenters. The average Bonchev–Trinajstić information content (AvgIpc) is 2.92. The van der Waals surface area contributed by atoms with E-state index in [1.165, 1.54) is 50.7 Å². The third-order valence-electron chi connectivity index (χ3n) is 9.20. The van der Waals surface area contributed by atoms with Crippen molar-refractivity contribution in [3.63, 3.8) is 0 Å². The number of alkyl halides is 13. The van der Waals surface area contributed by atoms with E-state index in [9.17, 15) is 57.1 Å². The summed E-state index contributed by atoms with van der Waals surface area (Å²) in [6.07, 6.45) is 0.627. The Bertz CT molecular complexity index is 997. The monoisotopic (exact) mass is 630 g/mol. The minimum Gasteiger partial charge on any atom is -0.200 e. The largest absolute Gasteiger partial charge is 0.460 e. The molecule has 13 heteroatoms. The lowest BCUT2D eigenvalue weighted by Gasteiger charge is -2.39. The fourth-order valence-corrected chi connectivity index (χ4v) is 6.50. The third-order valence-corrected chi connectivity index (χ3v) is 9.20. The van der Waals surface area contributed by atoms with Crippen LogP contribution in [-0.2, 0) is 6.42 Å². The van der Waals surface area contributed by atoms with Crippen molar-refractivity contribution in [2.45, 2.75) is 126 Å². The summed E-state index contributed by atoms with van der Waals surface area (Å²) in [5.41, 5.74) is 0.809. The highest BCUT2D eigenvalue weighted by Crippen LogP contribution is 2.60. The van der Waals surface area contributed by atoms with Gasteiger partial charge in [-0.3, -0.25) is 0 Å². The fraction of sp³-hybridized carbons (Fsp3) is 0.793. The van der Waals surface area contributed by atoms with Crippen molar-refractivity contribution in [2.75, 3.05) is 0 Å². The lowest BCUT2D eigenvalue weighted by Crippen LogP contribution is -2.70. The van der Waals surface area contributed by atoms with Gasteiger partial charge < -0.3 is 0 Å². The van der Waals surface area contributed by atoms with E-state index in [4.69, 9.17) is 0 Å². The second-order valence-corrected chi connectivity index (χ2v) is 11.9. The molecule has 0 aliphatic heterocycles. The van der Waals surface area contributed by atoms with E-state index in [1.807, 2.05) is 0 Å². The normalized spacial score (nSPS) is 25.5. The molecular formula is C29H35F13. The van der Waals surface area contributed by atoms with Gasteiger partial charge >= 0.3 is 35.8 Å². The zero-order valence-corrected chi connectivity index (χ0v) is 23.0. The van der Waals surface area contributed by atoms with Crippen LogP contribution in [0.1, 0.15) is 94.6 Å². The van der Waals surface area contributed by atoms with Crippen LogP contribution in [0.2, 0.25) is 0 Å². The van der Waals surface area contributed by atoms with Gasteiger partial charge in [-0.2, -0.15) is 57.1 Å². The van der Waals surface area contributed by atoms with Crippen LogP contribution in [0, 0.1) is 17.8 Å². The van der Waals surface area contributed by atoms with Gasteiger partial charge in [0.25, 0.3) is 0 Å². The molecule has 242 valence electrons. The predicted molar refractivity (Wildman–Crippen MR) is 131 cm³/mol. The molecule has 0 amide bonds. The maximum Gasteiger partial charge on any atom is 0.460 e. The summed E-state index contributed by atoms with van der Waals surface area (Å²) in [4.78, 5) is 0. The van der Waals surface area contributed by atoms with Crippen LogP contribution in [0.5, 0.6) is 0 Å². The van der Waals surface area contributed by atoms with Crippen LogP contribution in [0.3, 0.4) is 0 Å². The third kappa shape index (κ3) is 6.54. The molecule has 0 saturated heterocycles. The number of halogens is 13. The van der Waals surface area contributed by atoms with Crippen molar-refractivity contribution < 1.29 is 57.1 Å². The number of aryl methyl sites for hydroxylation is 1. The predicted octanol–water partition coefficient (Wildman–Crippen LogP) is 11.2. The summed E-state index contributed by atoms with van der Waals surface area (Å²) in [5, 5.41) is 0. The van der Waals surface area contributed by atoms with Crippen LogP contribution in [-0.4, -0.2) is 35.8 Å². The first-order valence-electron chi connectivity index (χ1n) is 14.2. The van der Waals surface area contributed by atoms with E-state index in [1.54, 1.807) is 12.1 Å². The summed E-state index contributed by atoms with van der Waals surface area (Å²) < 4.78 is 173. The first-order chi connectivity index (χ1) is 19.2. The molecule has 2 fully saturated rings. The Balaban J connectivity index is 1.59. The molecule has 0 nitrogen and oxygen atoms in total. The van der Waals surface area contributed by atoms with Gasteiger partial charge in [0, 0.05) is 6.42 Å². The number of hydrogen-bond donors (Lipinski definition) is 0. The molecule has 1 aromatic carbocycles. The van der Waals surface area contributed by atoms with Crippen LogP contribution in [0.15, 0.2) is 24.3 Å². The first-order valence-corrected chi connectivity index (χ1v) is 14.2. The quantitative estimate of drug-likeness (QED) is 0.214. The molecule has 42 heavy (non-hydrogen) atoms. The van der Waals surface area contributed by atoms with Gasteiger partial charge in [0.2, 0.25) is 0 Å². The standard InChI is InChI=1S/C29H35F13/c1-2-3-18-4-8-20(9-5-18)22-12-14-23(15-13-22)21-10-6-19(7-11-21)16-17-24(30,31)25(32,33)26(34,35)27(36,37)28(38,39)29(40,41)42/h6-7,10-11,18,20,22-23H,2-5,8-9,12-17H2,1H3/t18-,20-,22?,23?. The molecule has 2 saturated carbocycles. The van der Waals surface area contributed by atoms with Crippen LogP contribution >= 0.6 is 0 Å². The summed E-state index contributed by atoms with van der Waals surface area (Å²) in [6, 6.07) is 5.71. The SMILES string of the molecule is CCC[C@H]1CC[C@H](C2CCC(c3ccc(CCC(F)(F)C(F)(F)C(F)(F)C(F)(F)C(F)(F)C(F)(F)F)cc3)CC2)CC1. The van der Waals surface area contributed by atoms with Gasteiger partial charge in [-0.25, -0.2) is 0 Å². The van der Waals surface area contributed by atoms with E-state index in [-0.39, 0.29) is 11.5 Å². The lowest BCUT2D eigenvalue weighted by molar-refractivity contribution is -0.440. The Labute approximate surface area is 236 Å². The van der Waals surface area contributed by atoms with E-state index in [2.05, 4.69) is 6.92 Å².